The fourth-order valence-corrected chi connectivity index (χ4v) is 5.90. The van der Waals surface area contributed by atoms with E-state index in [1.54, 1.807) is 6.20 Å². The van der Waals surface area contributed by atoms with Gasteiger partial charge in [0.05, 0.1) is 0 Å². The van der Waals surface area contributed by atoms with Gasteiger partial charge in [-0.25, -0.2) is 0 Å². The number of hydrogen-bond donors (Lipinski definition) is 0. The Bertz CT molecular complexity index is 522. The summed E-state index contributed by atoms with van der Waals surface area (Å²) in [5.74, 6) is 2.10. The Hall–Kier alpha value is -1.18. The summed E-state index contributed by atoms with van der Waals surface area (Å²) in [5, 5.41) is 0. The second-order valence-corrected chi connectivity index (χ2v) is 7.97. The van der Waals surface area contributed by atoms with Crippen LogP contribution in [0.2, 0.25) is 0 Å². The number of carbonyl (C=O) groups excluding carboxylic acids is 1. The number of pyridine rings is 1. The molecular formula is C18H23NO. The van der Waals surface area contributed by atoms with Gasteiger partial charge in [-0.3, -0.25) is 9.78 Å². The van der Waals surface area contributed by atoms with Gasteiger partial charge in [-0.2, -0.15) is 0 Å². The van der Waals surface area contributed by atoms with Crippen LogP contribution in [-0.4, -0.2) is 10.8 Å². The van der Waals surface area contributed by atoms with Crippen molar-refractivity contribution in [3.05, 3.63) is 30.1 Å². The molecule has 0 aromatic carbocycles. The third-order valence-electron chi connectivity index (χ3n) is 6.01. The van der Waals surface area contributed by atoms with Crippen LogP contribution in [0.1, 0.15) is 51.1 Å². The van der Waals surface area contributed by atoms with Crippen molar-refractivity contribution in [1.29, 1.82) is 0 Å². The highest BCUT2D eigenvalue weighted by atomic mass is 16.1. The third kappa shape index (κ3) is 1.92. The molecule has 1 aromatic heterocycles. The van der Waals surface area contributed by atoms with E-state index < -0.39 is 0 Å². The first-order chi connectivity index (χ1) is 9.57. The Kier molecular flexibility index (Phi) is 2.61. The van der Waals surface area contributed by atoms with Crippen LogP contribution >= 0.6 is 0 Å². The SMILES string of the molecule is CC12CC3CC(C1)CC(C(=O)Cc1ccccn1)(C3)C2. The molecule has 4 saturated carbocycles. The molecule has 2 heteroatoms. The first kappa shape index (κ1) is 12.6. The number of nitrogens with zero attached hydrogens (tertiary/aromatic N) is 1. The lowest BCUT2D eigenvalue weighted by molar-refractivity contribution is -0.152. The zero-order valence-corrected chi connectivity index (χ0v) is 12.3. The van der Waals surface area contributed by atoms with Gasteiger partial charge in [-0.15, -0.1) is 0 Å². The summed E-state index contributed by atoms with van der Waals surface area (Å²) in [5.41, 5.74) is 1.39. The number of Topliss-reactive ketones (excluding diaryl/α,β-unsaturated/α-hetero) is 1. The van der Waals surface area contributed by atoms with Crippen molar-refractivity contribution in [2.45, 2.75) is 51.9 Å². The van der Waals surface area contributed by atoms with Crippen LogP contribution in [0, 0.1) is 22.7 Å². The maximum Gasteiger partial charge on any atom is 0.145 e. The first-order valence-corrected chi connectivity index (χ1v) is 8.00. The number of rotatable bonds is 3. The molecule has 2 atom stereocenters. The largest absolute Gasteiger partial charge is 0.299 e. The molecule has 5 rings (SSSR count). The summed E-state index contributed by atoms with van der Waals surface area (Å²) < 4.78 is 0. The summed E-state index contributed by atoms with van der Waals surface area (Å²) in [6.07, 6.45) is 9.90. The molecular weight excluding hydrogens is 246 g/mol. The molecule has 1 aromatic rings. The molecule has 4 aliphatic rings. The number of ketones is 1. The van der Waals surface area contributed by atoms with Gasteiger partial charge in [0.1, 0.15) is 5.78 Å². The minimum Gasteiger partial charge on any atom is -0.299 e. The molecule has 0 N–H and O–H groups in total. The Morgan fingerprint density at radius 1 is 1.25 bits per heavy atom. The second kappa shape index (κ2) is 4.16. The Morgan fingerprint density at radius 2 is 2.00 bits per heavy atom. The minimum absolute atomic E-state index is 0.00362. The average molecular weight is 269 g/mol. The molecule has 0 spiro atoms. The predicted molar refractivity (Wildman–Crippen MR) is 78.2 cm³/mol. The van der Waals surface area contributed by atoms with E-state index in [4.69, 9.17) is 0 Å². The summed E-state index contributed by atoms with van der Waals surface area (Å²) in [7, 11) is 0. The van der Waals surface area contributed by atoms with E-state index >= 15 is 0 Å². The Labute approximate surface area is 121 Å². The zero-order chi connectivity index (χ0) is 13.8. The van der Waals surface area contributed by atoms with Gasteiger partial charge in [0.2, 0.25) is 0 Å². The molecule has 2 unspecified atom stereocenters. The Morgan fingerprint density at radius 3 is 2.60 bits per heavy atom. The normalized spacial score (nSPS) is 41.9. The molecule has 4 aliphatic carbocycles. The predicted octanol–water partition coefficient (Wildman–Crippen LogP) is 3.80. The van der Waals surface area contributed by atoms with Crippen molar-refractivity contribution < 1.29 is 4.79 Å². The summed E-state index contributed by atoms with van der Waals surface area (Å²) in [6.45, 7) is 2.42. The van der Waals surface area contributed by atoms with Crippen LogP contribution in [0.25, 0.3) is 0 Å². The first-order valence-electron chi connectivity index (χ1n) is 8.00. The molecule has 4 fully saturated rings. The summed E-state index contributed by atoms with van der Waals surface area (Å²) in [6, 6.07) is 5.89. The smallest absolute Gasteiger partial charge is 0.145 e. The lowest BCUT2D eigenvalue weighted by Gasteiger charge is -2.60. The monoisotopic (exact) mass is 269 g/mol. The van der Waals surface area contributed by atoms with Crippen LogP contribution in [0.15, 0.2) is 24.4 Å². The van der Waals surface area contributed by atoms with Gasteiger partial charge in [0.15, 0.2) is 0 Å². The second-order valence-electron chi connectivity index (χ2n) is 7.97. The topological polar surface area (TPSA) is 30.0 Å². The van der Waals surface area contributed by atoms with Gasteiger partial charge >= 0.3 is 0 Å². The van der Waals surface area contributed by atoms with Gasteiger partial charge in [-0.1, -0.05) is 13.0 Å². The molecule has 0 aliphatic heterocycles. The van der Waals surface area contributed by atoms with Crippen molar-refractivity contribution >= 4 is 5.78 Å². The molecule has 0 saturated heterocycles. The highest BCUT2D eigenvalue weighted by molar-refractivity contribution is 5.87. The van der Waals surface area contributed by atoms with Crippen LogP contribution in [-0.2, 0) is 11.2 Å². The minimum atomic E-state index is -0.00362. The quantitative estimate of drug-likeness (QED) is 0.835. The fourth-order valence-electron chi connectivity index (χ4n) is 5.90. The van der Waals surface area contributed by atoms with Gasteiger partial charge < -0.3 is 0 Å². The zero-order valence-electron chi connectivity index (χ0n) is 12.3. The highest BCUT2D eigenvalue weighted by Gasteiger charge is 2.58. The van der Waals surface area contributed by atoms with E-state index in [-0.39, 0.29) is 5.41 Å². The standard InChI is InChI=1S/C18H23NO/c1-17-8-13-6-14(9-17)11-18(10-13,12-17)16(20)7-15-4-2-3-5-19-15/h2-5,13-14H,6-12H2,1H3. The summed E-state index contributed by atoms with van der Waals surface area (Å²) >= 11 is 0. The number of carbonyl (C=O) groups is 1. The van der Waals surface area contributed by atoms with E-state index in [0.717, 1.165) is 36.8 Å². The van der Waals surface area contributed by atoms with E-state index in [2.05, 4.69) is 11.9 Å². The van der Waals surface area contributed by atoms with Crippen molar-refractivity contribution in [1.82, 2.24) is 4.98 Å². The molecule has 0 radical (unpaired) electrons. The van der Waals surface area contributed by atoms with Gasteiger partial charge in [0.25, 0.3) is 0 Å². The van der Waals surface area contributed by atoms with Crippen molar-refractivity contribution in [2.24, 2.45) is 22.7 Å². The fraction of sp³-hybridized carbons (Fsp3) is 0.667. The van der Waals surface area contributed by atoms with Crippen molar-refractivity contribution in [3.8, 4) is 0 Å². The van der Waals surface area contributed by atoms with E-state index in [9.17, 15) is 4.79 Å². The molecule has 4 bridgehead atoms. The van der Waals surface area contributed by atoms with Gasteiger partial charge in [0, 0.05) is 23.7 Å². The molecule has 106 valence electrons. The summed E-state index contributed by atoms with van der Waals surface area (Å²) in [4.78, 5) is 17.3. The van der Waals surface area contributed by atoms with E-state index in [1.165, 1.54) is 19.3 Å². The van der Waals surface area contributed by atoms with Crippen LogP contribution in [0.5, 0.6) is 0 Å². The third-order valence-corrected chi connectivity index (χ3v) is 6.01. The molecule has 20 heavy (non-hydrogen) atoms. The van der Waals surface area contributed by atoms with Crippen LogP contribution in [0.3, 0.4) is 0 Å². The lowest BCUT2D eigenvalue weighted by Crippen LogP contribution is -2.54. The van der Waals surface area contributed by atoms with Crippen molar-refractivity contribution in [3.63, 3.8) is 0 Å². The maximum atomic E-state index is 13.0. The van der Waals surface area contributed by atoms with Crippen LogP contribution in [0.4, 0.5) is 0 Å². The molecule has 0 amide bonds. The lowest BCUT2D eigenvalue weighted by atomic mass is 9.43. The van der Waals surface area contributed by atoms with E-state index in [1.807, 2.05) is 18.2 Å². The Balaban J connectivity index is 1.60. The van der Waals surface area contributed by atoms with Crippen LogP contribution < -0.4 is 0 Å². The average Bonchev–Trinajstić information content (AvgIpc) is 2.37. The van der Waals surface area contributed by atoms with E-state index in [0.29, 0.717) is 17.6 Å². The number of aromatic nitrogens is 1. The molecule has 2 nitrogen and oxygen atoms in total. The number of hydrogen-bond acceptors (Lipinski definition) is 2. The molecule has 1 heterocycles. The van der Waals surface area contributed by atoms with Gasteiger partial charge in [-0.05, 0) is 67.9 Å². The maximum absolute atomic E-state index is 13.0. The van der Waals surface area contributed by atoms with Crippen molar-refractivity contribution in [2.75, 3.05) is 0 Å². The highest BCUT2D eigenvalue weighted by Crippen LogP contribution is 2.65.